The van der Waals surface area contributed by atoms with Crippen molar-refractivity contribution >= 4 is 16.6 Å². The fourth-order valence-corrected chi connectivity index (χ4v) is 0. The van der Waals surface area contributed by atoms with E-state index in [9.17, 15) is 0 Å². The minimum atomic E-state index is 0. The van der Waals surface area contributed by atoms with Gasteiger partial charge in [-0.2, -0.15) is 0 Å². The van der Waals surface area contributed by atoms with E-state index in [2.05, 4.69) is 3.79 Å². The molecular formula is C2H8AlLiO. The normalized spacial score (nSPS) is 5.80. The Bertz CT molecular complexity index is 15.5. The zero-order valence-corrected chi connectivity index (χ0v) is 6.12. The molecule has 0 N–H and O–H groups in total. The Balaban J connectivity index is -0.0000000450. The number of rotatable bonds is 1. The smallest absolute Gasteiger partial charge is 1.00 e. The van der Waals surface area contributed by atoms with Gasteiger partial charge >= 0.3 is 35.5 Å². The average Bonchev–Trinajstić information content (AvgIpc) is 1.37. The summed E-state index contributed by atoms with van der Waals surface area (Å²) in [6.07, 6.45) is 0. The first-order valence-corrected chi connectivity index (χ1v) is 2.22. The average molecular weight is 82.0 g/mol. The van der Waals surface area contributed by atoms with Gasteiger partial charge < -0.3 is 5.22 Å². The van der Waals surface area contributed by atoms with Gasteiger partial charge in [-0.25, -0.2) is 0 Å². The van der Waals surface area contributed by atoms with E-state index in [0.717, 1.165) is 23.2 Å². The molecule has 0 heterocycles. The second kappa shape index (κ2) is 8.92. The van der Waals surface area contributed by atoms with Crippen molar-refractivity contribution in [3.05, 3.63) is 0 Å². The van der Waals surface area contributed by atoms with E-state index >= 15 is 0 Å². The van der Waals surface area contributed by atoms with Crippen LogP contribution in [0.3, 0.4) is 0 Å². The Kier molecular flexibility index (Phi) is 16.8. The molecule has 0 fully saturated rings. The van der Waals surface area contributed by atoms with Gasteiger partial charge in [0.05, 0.1) is 0 Å². The van der Waals surface area contributed by atoms with Gasteiger partial charge in [0.25, 0.3) is 0 Å². The van der Waals surface area contributed by atoms with Gasteiger partial charge in [-0.15, -0.1) is 0 Å². The summed E-state index contributed by atoms with van der Waals surface area (Å²) in [6.45, 7) is 2.87. The SMILES string of the molecule is CC[O][AlH2].[H-].[Li+]. The van der Waals surface area contributed by atoms with Crippen molar-refractivity contribution in [2.75, 3.05) is 6.61 Å². The summed E-state index contributed by atoms with van der Waals surface area (Å²) >= 11 is 0.890. The van der Waals surface area contributed by atoms with Gasteiger partial charge in [0.15, 0.2) is 0 Å². The second-order valence-electron chi connectivity index (χ2n) is 0.577. The summed E-state index contributed by atoms with van der Waals surface area (Å²) in [5.74, 6) is 0. The molecule has 0 atom stereocenters. The van der Waals surface area contributed by atoms with Crippen molar-refractivity contribution in [2.24, 2.45) is 0 Å². The summed E-state index contributed by atoms with van der Waals surface area (Å²) in [5, 5.41) is 0. The molecule has 0 aromatic carbocycles. The van der Waals surface area contributed by atoms with Crippen molar-refractivity contribution in [2.45, 2.75) is 6.92 Å². The maximum absolute atomic E-state index is 4.68. The third-order valence-corrected chi connectivity index (χ3v) is 0.866. The molecule has 0 aliphatic heterocycles. The maximum atomic E-state index is 4.68. The fraction of sp³-hybridized carbons (Fsp3) is 1.00. The van der Waals surface area contributed by atoms with E-state index in [4.69, 9.17) is 0 Å². The molecule has 3 heteroatoms. The molecule has 0 aromatic heterocycles. The van der Waals surface area contributed by atoms with Gasteiger partial charge in [0.1, 0.15) is 0 Å². The van der Waals surface area contributed by atoms with Crippen LogP contribution in [0, 0.1) is 0 Å². The molecule has 0 aliphatic carbocycles. The van der Waals surface area contributed by atoms with E-state index in [1.54, 1.807) is 0 Å². The largest absolute Gasteiger partial charge is 1.00 e. The first kappa shape index (κ1) is 9.43. The van der Waals surface area contributed by atoms with Crippen molar-refractivity contribution in [1.82, 2.24) is 0 Å². The van der Waals surface area contributed by atoms with E-state index in [-0.39, 0.29) is 20.3 Å². The van der Waals surface area contributed by atoms with Crippen molar-refractivity contribution < 1.29 is 24.1 Å². The van der Waals surface area contributed by atoms with E-state index in [1.165, 1.54) is 0 Å². The molecule has 5 heavy (non-hydrogen) atoms. The van der Waals surface area contributed by atoms with Crippen LogP contribution in [0.5, 0.6) is 0 Å². The molecule has 1 nitrogen and oxygen atoms in total. The molecule has 0 saturated heterocycles. The first-order chi connectivity index (χ1) is 1.91. The monoisotopic (exact) mass is 82.1 g/mol. The quantitative estimate of drug-likeness (QED) is 0.301. The summed E-state index contributed by atoms with van der Waals surface area (Å²) in [4.78, 5) is 0. The molecule has 0 rings (SSSR count). The van der Waals surface area contributed by atoms with Crippen LogP contribution in [0.1, 0.15) is 8.35 Å². The molecule has 0 aromatic rings. The predicted molar refractivity (Wildman–Crippen MR) is 21.3 cm³/mol. The fourth-order valence-electron chi connectivity index (χ4n) is 0. The third kappa shape index (κ3) is 11.1. The van der Waals surface area contributed by atoms with Crippen LogP contribution >= 0.6 is 0 Å². The summed E-state index contributed by atoms with van der Waals surface area (Å²) in [7, 11) is 0. The van der Waals surface area contributed by atoms with Gasteiger partial charge in [-0.05, 0) is 6.92 Å². The Morgan fingerprint density at radius 2 is 2.20 bits per heavy atom. The Labute approximate surface area is 54.5 Å². The van der Waals surface area contributed by atoms with Gasteiger partial charge in [0.2, 0.25) is 0 Å². The molecular weight excluding hydrogens is 73.9 g/mol. The molecule has 0 amide bonds. The van der Waals surface area contributed by atoms with Crippen LogP contribution in [0.2, 0.25) is 0 Å². The molecule has 0 unspecified atom stereocenters. The van der Waals surface area contributed by atoms with Crippen molar-refractivity contribution in [3.63, 3.8) is 0 Å². The Hall–Kier alpha value is 1.09. The molecule has 0 spiro atoms. The Morgan fingerprint density at radius 3 is 2.20 bits per heavy atom. The third-order valence-electron chi connectivity index (χ3n) is 0.289. The number of hydrogen-bond acceptors (Lipinski definition) is 1. The minimum Gasteiger partial charge on any atom is -1.00 e. The predicted octanol–water partition coefficient (Wildman–Crippen LogP) is -3.31. The summed E-state index contributed by atoms with van der Waals surface area (Å²) in [6, 6.07) is 0. The van der Waals surface area contributed by atoms with Crippen LogP contribution in [0.25, 0.3) is 0 Å². The van der Waals surface area contributed by atoms with Gasteiger partial charge in [-0.3, -0.25) is 0 Å². The molecule has 26 valence electrons. The molecule has 0 saturated carbocycles. The summed E-state index contributed by atoms with van der Waals surface area (Å²) < 4.78 is 4.68. The van der Waals surface area contributed by atoms with Crippen LogP contribution in [0.15, 0.2) is 0 Å². The van der Waals surface area contributed by atoms with Crippen molar-refractivity contribution in [3.8, 4) is 0 Å². The summed E-state index contributed by atoms with van der Waals surface area (Å²) in [5.41, 5.74) is 0. The second-order valence-corrected chi connectivity index (χ2v) is 1.15. The number of hydrogen-bond donors (Lipinski definition) is 0. The molecule has 0 aliphatic rings. The topological polar surface area (TPSA) is 9.23 Å². The zero-order valence-electron chi connectivity index (χ0n) is 5.12. The van der Waals surface area contributed by atoms with Crippen LogP contribution < -0.4 is 18.9 Å². The Morgan fingerprint density at radius 1 is 2.00 bits per heavy atom. The van der Waals surface area contributed by atoms with Crippen LogP contribution in [0.4, 0.5) is 0 Å². The van der Waals surface area contributed by atoms with Crippen molar-refractivity contribution in [1.29, 1.82) is 0 Å². The van der Waals surface area contributed by atoms with Gasteiger partial charge in [0, 0.05) is 6.61 Å². The maximum Gasteiger partial charge on any atom is 1.00 e. The first-order valence-electron chi connectivity index (χ1n) is 1.40. The minimum absolute atomic E-state index is 0. The molecule has 0 radical (unpaired) electrons. The van der Waals surface area contributed by atoms with Crippen LogP contribution in [-0.4, -0.2) is 23.2 Å². The van der Waals surface area contributed by atoms with E-state index < -0.39 is 0 Å². The standard InChI is InChI=1S/C2H5O.Al.Li.3H/c1-2-3;;;;;/h2H2,1H3;;;;;/q-1;2*+1;;;-1. The zero-order chi connectivity index (χ0) is 3.41. The van der Waals surface area contributed by atoms with Gasteiger partial charge in [-0.1, -0.05) is 0 Å². The molecule has 0 bridgehead atoms. The van der Waals surface area contributed by atoms with E-state index in [1.807, 2.05) is 6.92 Å². The van der Waals surface area contributed by atoms with E-state index in [0.29, 0.717) is 0 Å². The van der Waals surface area contributed by atoms with Crippen LogP contribution in [-0.2, 0) is 3.79 Å².